The first kappa shape index (κ1) is 12.2. The number of carbonyl (C=O) groups excluding carboxylic acids is 1. The zero-order valence-corrected chi connectivity index (χ0v) is 9.59. The van der Waals surface area contributed by atoms with Gasteiger partial charge in [0.2, 0.25) is 5.91 Å². The third-order valence-electron chi connectivity index (χ3n) is 2.38. The van der Waals surface area contributed by atoms with Gasteiger partial charge < -0.3 is 16.3 Å². The second-order valence-corrected chi connectivity index (χ2v) is 4.64. The van der Waals surface area contributed by atoms with Crippen molar-refractivity contribution in [2.24, 2.45) is 16.8 Å². The highest BCUT2D eigenvalue weighted by Gasteiger charge is 2.35. The number of oxime groups is 1. The summed E-state index contributed by atoms with van der Waals surface area (Å²) in [6.45, 7) is 0. The van der Waals surface area contributed by atoms with Crippen molar-refractivity contribution in [3.05, 3.63) is 0 Å². The number of nitrogens with zero attached hydrogens (tertiary/aromatic N) is 1. The molecule has 0 aromatic heterocycles. The summed E-state index contributed by atoms with van der Waals surface area (Å²) in [5.74, 6) is 1.21. The number of thioether (sulfide) groups is 1. The number of amidine groups is 1. The summed E-state index contributed by atoms with van der Waals surface area (Å²) in [6, 6.07) is -0.288. The van der Waals surface area contributed by atoms with E-state index >= 15 is 0 Å². The largest absolute Gasteiger partial charge is 0.409 e. The molecule has 0 aromatic carbocycles. The lowest BCUT2D eigenvalue weighted by molar-refractivity contribution is -0.121. The van der Waals surface area contributed by atoms with Gasteiger partial charge in [0, 0.05) is 12.2 Å². The van der Waals surface area contributed by atoms with E-state index < -0.39 is 0 Å². The van der Waals surface area contributed by atoms with Gasteiger partial charge in [-0.15, -0.1) is 0 Å². The molecular weight excluding hydrogens is 214 g/mol. The fourth-order valence-corrected chi connectivity index (χ4v) is 1.75. The lowest BCUT2D eigenvalue weighted by Gasteiger charge is -2.16. The summed E-state index contributed by atoms with van der Waals surface area (Å²) in [7, 11) is 0. The second kappa shape index (κ2) is 5.85. The Hall–Kier alpha value is -0.910. The lowest BCUT2D eigenvalue weighted by atomic mass is 10.1. The molecule has 15 heavy (non-hydrogen) atoms. The van der Waals surface area contributed by atoms with Crippen LogP contribution in [0.25, 0.3) is 0 Å². The van der Waals surface area contributed by atoms with Gasteiger partial charge in [-0.05, 0) is 25.0 Å². The number of hydrogen-bond acceptors (Lipinski definition) is 4. The van der Waals surface area contributed by atoms with E-state index in [0.29, 0.717) is 12.3 Å². The van der Waals surface area contributed by atoms with Crippen molar-refractivity contribution in [1.82, 2.24) is 5.32 Å². The van der Waals surface area contributed by atoms with Crippen LogP contribution in [0.15, 0.2) is 5.16 Å². The van der Waals surface area contributed by atoms with Crippen LogP contribution in [0.1, 0.15) is 19.3 Å². The van der Waals surface area contributed by atoms with Crippen LogP contribution in [-0.4, -0.2) is 35.0 Å². The molecule has 0 aliphatic heterocycles. The summed E-state index contributed by atoms with van der Waals surface area (Å²) in [4.78, 5) is 11.4. The monoisotopic (exact) mass is 231 g/mol. The predicted molar refractivity (Wildman–Crippen MR) is 61.1 cm³/mol. The Morgan fingerprint density at radius 3 is 2.87 bits per heavy atom. The Labute approximate surface area is 93.5 Å². The zero-order valence-electron chi connectivity index (χ0n) is 8.77. The molecule has 1 amide bonds. The van der Waals surface area contributed by atoms with Crippen molar-refractivity contribution in [3.63, 3.8) is 0 Å². The highest BCUT2D eigenvalue weighted by atomic mass is 32.2. The maximum Gasteiger partial charge on any atom is 0.221 e. The number of hydrogen-bond donors (Lipinski definition) is 3. The third-order valence-corrected chi connectivity index (χ3v) is 2.99. The first-order valence-electron chi connectivity index (χ1n) is 4.94. The SMILES string of the molecule is CSCCC(=O)NC(C(N)=NO)C1CC1. The number of nitrogens with two attached hydrogens (primary N) is 1. The Morgan fingerprint density at radius 2 is 2.40 bits per heavy atom. The highest BCUT2D eigenvalue weighted by molar-refractivity contribution is 7.98. The van der Waals surface area contributed by atoms with E-state index in [1.165, 1.54) is 0 Å². The van der Waals surface area contributed by atoms with Crippen molar-refractivity contribution < 1.29 is 10.0 Å². The van der Waals surface area contributed by atoms with Crippen molar-refractivity contribution in [2.75, 3.05) is 12.0 Å². The van der Waals surface area contributed by atoms with E-state index in [1.807, 2.05) is 6.26 Å². The molecular formula is C9H17N3O2S. The van der Waals surface area contributed by atoms with Crippen LogP contribution in [0.5, 0.6) is 0 Å². The lowest BCUT2D eigenvalue weighted by Crippen LogP contribution is -2.46. The molecule has 5 nitrogen and oxygen atoms in total. The predicted octanol–water partition coefficient (Wildman–Crippen LogP) is 0.381. The van der Waals surface area contributed by atoms with Crippen LogP contribution in [0.3, 0.4) is 0 Å². The molecule has 1 aliphatic rings. The molecule has 1 atom stereocenters. The minimum atomic E-state index is -0.288. The van der Waals surface area contributed by atoms with Gasteiger partial charge in [0.05, 0.1) is 6.04 Å². The molecule has 1 aliphatic carbocycles. The van der Waals surface area contributed by atoms with E-state index in [-0.39, 0.29) is 17.8 Å². The van der Waals surface area contributed by atoms with Crippen LogP contribution in [0, 0.1) is 5.92 Å². The van der Waals surface area contributed by atoms with Crippen molar-refractivity contribution in [1.29, 1.82) is 0 Å². The van der Waals surface area contributed by atoms with Crippen molar-refractivity contribution in [2.45, 2.75) is 25.3 Å². The van der Waals surface area contributed by atoms with Crippen LogP contribution < -0.4 is 11.1 Å². The van der Waals surface area contributed by atoms with E-state index in [2.05, 4.69) is 10.5 Å². The maximum absolute atomic E-state index is 11.4. The Bertz CT molecular complexity index is 254. The molecule has 1 rings (SSSR count). The third kappa shape index (κ3) is 3.99. The molecule has 1 saturated carbocycles. The van der Waals surface area contributed by atoms with Gasteiger partial charge in [0.15, 0.2) is 5.84 Å². The molecule has 1 unspecified atom stereocenters. The molecule has 86 valence electrons. The Balaban J connectivity index is 2.40. The standard InChI is InChI=1S/C9H17N3O2S/c1-15-5-4-7(13)11-8(6-2-3-6)9(10)12-14/h6,8,14H,2-5H2,1H3,(H2,10,12)(H,11,13). The zero-order chi connectivity index (χ0) is 11.3. The first-order valence-corrected chi connectivity index (χ1v) is 6.34. The average Bonchev–Trinajstić information content (AvgIpc) is 3.05. The normalized spacial score (nSPS) is 18.6. The van der Waals surface area contributed by atoms with Gasteiger partial charge in [-0.3, -0.25) is 4.79 Å². The maximum atomic E-state index is 11.4. The number of rotatable bonds is 6. The Morgan fingerprint density at radius 1 is 1.73 bits per heavy atom. The smallest absolute Gasteiger partial charge is 0.221 e. The van der Waals surface area contributed by atoms with Gasteiger partial charge in [-0.2, -0.15) is 11.8 Å². The first-order chi connectivity index (χ1) is 7.19. The van der Waals surface area contributed by atoms with E-state index in [4.69, 9.17) is 10.9 Å². The van der Waals surface area contributed by atoms with Gasteiger partial charge in [-0.25, -0.2) is 0 Å². The molecule has 0 saturated heterocycles. The van der Waals surface area contributed by atoms with E-state index in [0.717, 1.165) is 18.6 Å². The molecule has 4 N–H and O–H groups in total. The fourth-order valence-electron chi connectivity index (χ4n) is 1.37. The van der Waals surface area contributed by atoms with Gasteiger partial charge >= 0.3 is 0 Å². The molecule has 0 radical (unpaired) electrons. The molecule has 1 fully saturated rings. The van der Waals surface area contributed by atoms with Crippen LogP contribution in [0.2, 0.25) is 0 Å². The molecule has 0 spiro atoms. The number of nitrogens with one attached hydrogen (secondary N) is 1. The second-order valence-electron chi connectivity index (χ2n) is 3.65. The van der Waals surface area contributed by atoms with Crippen LogP contribution in [0.4, 0.5) is 0 Å². The quantitative estimate of drug-likeness (QED) is 0.267. The molecule has 0 heterocycles. The highest BCUT2D eigenvalue weighted by Crippen LogP contribution is 2.32. The van der Waals surface area contributed by atoms with Gasteiger partial charge in [0.25, 0.3) is 0 Å². The molecule has 0 aromatic rings. The number of amides is 1. The van der Waals surface area contributed by atoms with Crippen LogP contribution >= 0.6 is 11.8 Å². The molecule has 0 bridgehead atoms. The number of carbonyl (C=O) groups is 1. The summed E-state index contributed by atoms with van der Waals surface area (Å²) in [5.41, 5.74) is 5.52. The minimum Gasteiger partial charge on any atom is -0.409 e. The van der Waals surface area contributed by atoms with Crippen molar-refractivity contribution in [3.8, 4) is 0 Å². The van der Waals surface area contributed by atoms with Gasteiger partial charge in [-0.1, -0.05) is 5.16 Å². The van der Waals surface area contributed by atoms with Crippen molar-refractivity contribution >= 4 is 23.5 Å². The fraction of sp³-hybridized carbons (Fsp3) is 0.778. The topological polar surface area (TPSA) is 87.7 Å². The molecule has 6 heteroatoms. The van der Waals surface area contributed by atoms with E-state index in [9.17, 15) is 4.79 Å². The minimum absolute atomic E-state index is 0.0344. The summed E-state index contributed by atoms with van der Waals surface area (Å²) < 4.78 is 0. The Kier molecular flexibility index (Phi) is 4.74. The average molecular weight is 231 g/mol. The van der Waals surface area contributed by atoms with Crippen LogP contribution in [-0.2, 0) is 4.79 Å². The summed E-state index contributed by atoms with van der Waals surface area (Å²) >= 11 is 1.62. The summed E-state index contributed by atoms with van der Waals surface area (Å²) in [6.07, 6.45) is 4.49. The van der Waals surface area contributed by atoms with E-state index in [1.54, 1.807) is 11.8 Å². The van der Waals surface area contributed by atoms with Gasteiger partial charge in [0.1, 0.15) is 0 Å². The summed E-state index contributed by atoms with van der Waals surface area (Å²) in [5, 5.41) is 14.3.